The number of carbonyl (C=O) groups is 1. The molecule has 0 aliphatic heterocycles. The molecule has 0 saturated heterocycles. The summed E-state index contributed by atoms with van der Waals surface area (Å²) in [4.78, 5) is 16.2. The van der Waals surface area contributed by atoms with Crippen LogP contribution in [0.3, 0.4) is 0 Å². The molecule has 2 N–H and O–H groups in total. The first kappa shape index (κ1) is 20.0. The summed E-state index contributed by atoms with van der Waals surface area (Å²) in [6.07, 6.45) is 0. The van der Waals surface area contributed by atoms with Crippen LogP contribution in [0.15, 0.2) is 51.9 Å². The number of amides is 1. The van der Waals surface area contributed by atoms with Crippen molar-refractivity contribution in [2.24, 2.45) is 0 Å². The number of nitrogens with zero attached hydrogens (tertiary/aromatic N) is 2. The predicted octanol–water partition coefficient (Wildman–Crippen LogP) is 2.92. The minimum atomic E-state index is -3.93. The fraction of sp³-hybridized carbons (Fsp3) is 0.167. The zero-order valence-corrected chi connectivity index (χ0v) is 16.6. The fourth-order valence-corrected chi connectivity index (χ4v) is 3.90. The molecule has 0 atom stereocenters. The predicted molar refractivity (Wildman–Crippen MR) is 104 cm³/mol. The van der Waals surface area contributed by atoms with Crippen LogP contribution in [0.4, 0.5) is 5.69 Å². The van der Waals surface area contributed by atoms with Crippen LogP contribution in [0.1, 0.15) is 11.5 Å². The highest BCUT2D eigenvalue weighted by Gasteiger charge is 2.20. The van der Waals surface area contributed by atoms with Crippen molar-refractivity contribution < 1.29 is 17.7 Å². The lowest BCUT2D eigenvalue weighted by molar-refractivity contribution is -0.115. The molecule has 8 nitrogen and oxygen atoms in total. The Bertz CT molecular complexity index is 1130. The molecule has 146 valence electrons. The van der Waals surface area contributed by atoms with Crippen molar-refractivity contribution in [2.45, 2.75) is 18.7 Å². The van der Waals surface area contributed by atoms with Gasteiger partial charge >= 0.3 is 0 Å². The van der Waals surface area contributed by atoms with Gasteiger partial charge in [-0.05, 0) is 36.8 Å². The Labute approximate surface area is 167 Å². The first-order valence-corrected chi connectivity index (χ1v) is 10.1. The normalized spacial score (nSPS) is 11.4. The first-order valence-electron chi connectivity index (χ1n) is 8.21. The van der Waals surface area contributed by atoms with Gasteiger partial charge in [0.1, 0.15) is 0 Å². The largest absolute Gasteiger partial charge is 0.339 e. The molecule has 3 aromatic rings. The van der Waals surface area contributed by atoms with Crippen LogP contribution in [0.5, 0.6) is 0 Å². The third kappa shape index (κ3) is 4.75. The second-order valence-electron chi connectivity index (χ2n) is 6.00. The number of aryl methyl sites for hydroxylation is 2. The third-order valence-corrected chi connectivity index (χ3v) is 5.57. The van der Waals surface area contributed by atoms with E-state index < -0.39 is 22.5 Å². The molecule has 0 fully saturated rings. The number of anilines is 1. The Hall–Kier alpha value is -2.75. The first-order chi connectivity index (χ1) is 13.2. The van der Waals surface area contributed by atoms with E-state index in [1.807, 2.05) is 0 Å². The van der Waals surface area contributed by atoms with Crippen molar-refractivity contribution in [1.82, 2.24) is 14.9 Å². The van der Waals surface area contributed by atoms with Crippen molar-refractivity contribution in [3.63, 3.8) is 0 Å². The summed E-state index contributed by atoms with van der Waals surface area (Å²) in [6, 6.07) is 11.3. The summed E-state index contributed by atoms with van der Waals surface area (Å²) in [6.45, 7) is 2.87. The number of rotatable bonds is 6. The van der Waals surface area contributed by atoms with Gasteiger partial charge in [-0.15, -0.1) is 0 Å². The summed E-state index contributed by atoms with van der Waals surface area (Å²) < 4.78 is 32.6. The number of aromatic nitrogens is 2. The summed E-state index contributed by atoms with van der Waals surface area (Å²) in [5.74, 6) is 0.136. The monoisotopic (exact) mass is 420 g/mol. The molecule has 0 aliphatic rings. The van der Waals surface area contributed by atoms with Crippen LogP contribution < -0.4 is 10.0 Å². The fourth-order valence-electron chi connectivity index (χ4n) is 2.45. The van der Waals surface area contributed by atoms with E-state index in [1.165, 1.54) is 6.07 Å². The minimum absolute atomic E-state index is 0.0306. The summed E-state index contributed by atoms with van der Waals surface area (Å²) >= 11 is 5.86. The lowest BCUT2D eigenvalue weighted by Gasteiger charge is -2.11. The second kappa shape index (κ2) is 8.09. The molecule has 10 heteroatoms. The maximum atomic E-state index is 12.7. The van der Waals surface area contributed by atoms with Gasteiger partial charge in [-0.25, -0.2) is 13.1 Å². The van der Waals surface area contributed by atoms with Crippen LogP contribution in [0, 0.1) is 13.8 Å². The SMILES string of the molecule is Cc1nc(-c2ccc(C)c(S(=O)(=O)NCC(=O)Nc3cccc(Cl)c3)c2)no1. The molecule has 28 heavy (non-hydrogen) atoms. The van der Waals surface area contributed by atoms with Gasteiger partial charge in [-0.1, -0.05) is 35.0 Å². The van der Waals surface area contributed by atoms with Gasteiger partial charge in [0.25, 0.3) is 0 Å². The van der Waals surface area contributed by atoms with Crippen molar-refractivity contribution in [1.29, 1.82) is 0 Å². The number of carbonyl (C=O) groups excluding carboxylic acids is 1. The molecule has 1 amide bonds. The molecular weight excluding hydrogens is 404 g/mol. The molecule has 1 aromatic heterocycles. The third-order valence-electron chi connectivity index (χ3n) is 3.79. The topological polar surface area (TPSA) is 114 Å². The van der Waals surface area contributed by atoms with E-state index in [0.717, 1.165) is 0 Å². The molecular formula is C18H17ClN4O4S. The molecule has 1 heterocycles. The number of nitrogens with one attached hydrogen (secondary N) is 2. The number of halogens is 1. The summed E-state index contributed by atoms with van der Waals surface area (Å²) in [5.41, 5.74) is 1.49. The number of hydrogen-bond acceptors (Lipinski definition) is 6. The average Bonchev–Trinajstić information content (AvgIpc) is 3.07. The van der Waals surface area contributed by atoms with Gasteiger partial charge in [0, 0.05) is 23.2 Å². The number of sulfonamides is 1. The quantitative estimate of drug-likeness (QED) is 0.633. The number of benzene rings is 2. The smallest absolute Gasteiger partial charge is 0.241 e. The van der Waals surface area contributed by atoms with Gasteiger partial charge < -0.3 is 9.84 Å². The molecule has 0 radical (unpaired) electrons. The van der Waals surface area contributed by atoms with Crippen molar-refractivity contribution in [2.75, 3.05) is 11.9 Å². The second-order valence-corrected chi connectivity index (χ2v) is 8.17. The van der Waals surface area contributed by atoms with Crippen LogP contribution >= 0.6 is 11.6 Å². The standard InChI is InChI=1S/C18H17ClN4O4S/c1-11-6-7-13(18-21-12(2)27-23-18)8-16(11)28(25,26)20-10-17(24)22-15-5-3-4-14(19)9-15/h3-9,20H,10H2,1-2H3,(H,22,24). The van der Waals surface area contributed by atoms with Crippen LogP contribution in [0.2, 0.25) is 5.02 Å². The zero-order chi connectivity index (χ0) is 20.3. The Morgan fingerprint density at radius 1 is 1.18 bits per heavy atom. The molecule has 2 aromatic carbocycles. The van der Waals surface area contributed by atoms with E-state index >= 15 is 0 Å². The summed E-state index contributed by atoms with van der Waals surface area (Å²) in [5, 5.41) is 6.83. The Morgan fingerprint density at radius 3 is 2.64 bits per heavy atom. The Kier molecular flexibility index (Phi) is 5.78. The Balaban J connectivity index is 1.74. The molecule has 0 aliphatic carbocycles. The highest BCUT2D eigenvalue weighted by Crippen LogP contribution is 2.23. The van der Waals surface area contributed by atoms with Crippen LogP contribution in [-0.2, 0) is 14.8 Å². The van der Waals surface area contributed by atoms with Gasteiger partial charge in [-0.2, -0.15) is 4.98 Å². The molecule has 3 rings (SSSR count). The maximum Gasteiger partial charge on any atom is 0.241 e. The highest BCUT2D eigenvalue weighted by atomic mass is 35.5. The van der Waals surface area contributed by atoms with E-state index in [0.29, 0.717) is 27.7 Å². The van der Waals surface area contributed by atoms with E-state index in [1.54, 1.807) is 50.2 Å². The zero-order valence-electron chi connectivity index (χ0n) is 15.1. The molecule has 0 unspecified atom stereocenters. The minimum Gasteiger partial charge on any atom is -0.339 e. The van der Waals surface area contributed by atoms with Gasteiger partial charge in [-0.3, -0.25) is 4.79 Å². The molecule has 0 saturated carbocycles. The van der Waals surface area contributed by atoms with E-state index in [9.17, 15) is 13.2 Å². The number of hydrogen-bond donors (Lipinski definition) is 2. The van der Waals surface area contributed by atoms with Gasteiger partial charge in [0.05, 0.1) is 11.4 Å². The van der Waals surface area contributed by atoms with E-state index in [-0.39, 0.29) is 10.7 Å². The van der Waals surface area contributed by atoms with Crippen LogP contribution in [-0.4, -0.2) is 31.0 Å². The summed E-state index contributed by atoms with van der Waals surface area (Å²) in [7, 11) is -3.93. The van der Waals surface area contributed by atoms with Gasteiger partial charge in [0.15, 0.2) is 0 Å². The van der Waals surface area contributed by atoms with Crippen LogP contribution in [0.25, 0.3) is 11.4 Å². The average molecular weight is 421 g/mol. The lowest BCUT2D eigenvalue weighted by atomic mass is 10.1. The van der Waals surface area contributed by atoms with E-state index in [2.05, 4.69) is 20.2 Å². The lowest BCUT2D eigenvalue weighted by Crippen LogP contribution is -2.33. The van der Waals surface area contributed by atoms with E-state index in [4.69, 9.17) is 16.1 Å². The van der Waals surface area contributed by atoms with Crippen molar-refractivity contribution >= 4 is 33.2 Å². The maximum absolute atomic E-state index is 12.7. The Morgan fingerprint density at radius 2 is 1.96 bits per heavy atom. The highest BCUT2D eigenvalue weighted by molar-refractivity contribution is 7.89. The van der Waals surface area contributed by atoms with Gasteiger partial charge in [0.2, 0.25) is 27.6 Å². The van der Waals surface area contributed by atoms with Crippen molar-refractivity contribution in [3.8, 4) is 11.4 Å². The molecule has 0 bridgehead atoms. The van der Waals surface area contributed by atoms with Crippen molar-refractivity contribution in [3.05, 3.63) is 58.9 Å². The molecule has 0 spiro atoms.